The number of carbonyl (C=O) groups excluding carboxylic acids is 2. The van der Waals surface area contributed by atoms with Crippen molar-refractivity contribution in [3.8, 4) is 29.1 Å². The number of amides is 2. The summed E-state index contributed by atoms with van der Waals surface area (Å²) >= 11 is 7.20. The Kier molecular flexibility index (Phi) is 7.45. The molecule has 1 fully saturated rings. The summed E-state index contributed by atoms with van der Waals surface area (Å²) in [4.78, 5) is 27.2. The van der Waals surface area contributed by atoms with Gasteiger partial charge >= 0.3 is 0 Å². The molecule has 0 N–H and O–H groups in total. The monoisotopic (exact) mass is 548 g/mol. The fourth-order valence-electron chi connectivity index (χ4n) is 3.95. The van der Waals surface area contributed by atoms with Gasteiger partial charge in [0.2, 0.25) is 6.79 Å². The zero-order valence-corrected chi connectivity index (χ0v) is 21.8. The minimum Gasteiger partial charge on any atom is -0.490 e. The van der Waals surface area contributed by atoms with Gasteiger partial charge in [-0.15, -0.1) is 0 Å². The molecule has 0 unspecified atom stereocenters. The first kappa shape index (κ1) is 25.5. The van der Waals surface area contributed by atoms with Gasteiger partial charge in [-0.25, -0.2) is 0 Å². The topological polar surface area (TPSA) is 98.1 Å². The SMILES string of the molecule is CCOc1cc(/C=C2\SC(=O)N(Cc3cc4c(cc3Cl)OCO4)C2=O)ccc1OCc1ccccc1C#N. The van der Waals surface area contributed by atoms with Gasteiger partial charge in [0, 0.05) is 16.7 Å². The number of ether oxygens (including phenoxy) is 4. The van der Waals surface area contributed by atoms with Crippen LogP contribution in [0.2, 0.25) is 5.02 Å². The Labute approximate surface area is 228 Å². The molecule has 38 heavy (non-hydrogen) atoms. The molecule has 2 aliphatic heterocycles. The quantitative estimate of drug-likeness (QED) is 0.309. The summed E-state index contributed by atoms with van der Waals surface area (Å²) < 4.78 is 22.4. The van der Waals surface area contributed by atoms with E-state index in [1.807, 2.05) is 19.1 Å². The average Bonchev–Trinajstić information content (AvgIpc) is 3.47. The van der Waals surface area contributed by atoms with E-state index in [4.69, 9.17) is 30.5 Å². The molecule has 0 saturated carbocycles. The number of hydrogen-bond donors (Lipinski definition) is 0. The first-order valence-corrected chi connectivity index (χ1v) is 12.9. The van der Waals surface area contributed by atoms with Crippen LogP contribution in [-0.2, 0) is 17.9 Å². The average molecular weight is 549 g/mol. The second-order valence-corrected chi connectivity index (χ2v) is 9.66. The number of nitriles is 1. The van der Waals surface area contributed by atoms with Gasteiger partial charge in [-0.2, -0.15) is 5.26 Å². The van der Waals surface area contributed by atoms with Crippen molar-refractivity contribution >= 4 is 40.6 Å². The van der Waals surface area contributed by atoms with Crippen LogP contribution in [0, 0.1) is 11.3 Å². The van der Waals surface area contributed by atoms with E-state index in [1.54, 1.807) is 48.5 Å². The van der Waals surface area contributed by atoms with Gasteiger partial charge in [0.25, 0.3) is 11.1 Å². The van der Waals surface area contributed by atoms with E-state index >= 15 is 0 Å². The third-order valence-electron chi connectivity index (χ3n) is 5.83. The largest absolute Gasteiger partial charge is 0.490 e. The minimum absolute atomic E-state index is 0.0125. The number of hydrogen-bond acceptors (Lipinski definition) is 8. The summed E-state index contributed by atoms with van der Waals surface area (Å²) in [7, 11) is 0. The smallest absolute Gasteiger partial charge is 0.293 e. The summed E-state index contributed by atoms with van der Waals surface area (Å²) in [6, 6.07) is 17.9. The molecule has 5 rings (SSSR count). The zero-order valence-electron chi connectivity index (χ0n) is 20.2. The van der Waals surface area contributed by atoms with Gasteiger partial charge < -0.3 is 18.9 Å². The molecule has 0 bridgehead atoms. The van der Waals surface area contributed by atoms with Gasteiger partial charge in [-0.05, 0) is 60.2 Å². The van der Waals surface area contributed by atoms with Gasteiger partial charge in [0.1, 0.15) is 6.61 Å². The standard InChI is InChI=1S/C28H21ClN2O6S/c1-2-34-23-9-17(7-8-22(23)35-15-19-6-4-3-5-18(19)13-30)10-26-27(32)31(28(33)38-26)14-20-11-24-25(12-21(20)29)37-16-36-24/h3-12H,2,14-16H2,1H3/b26-10-. The number of benzene rings is 3. The van der Waals surface area contributed by atoms with Crippen LogP contribution in [0.1, 0.15) is 29.2 Å². The molecule has 0 atom stereocenters. The molecular weight excluding hydrogens is 528 g/mol. The number of halogens is 1. The molecule has 1 saturated heterocycles. The lowest BCUT2D eigenvalue weighted by molar-refractivity contribution is -0.123. The Morgan fingerprint density at radius 3 is 2.63 bits per heavy atom. The van der Waals surface area contributed by atoms with Crippen LogP contribution in [0.3, 0.4) is 0 Å². The van der Waals surface area contributed by atoms with Crippen molar-refractivity contribution in [1.29, 1.82) is 5.26 Å². The summed E-state index contributed by atoms with van der Waals surface area (Å²) in [6.07, 6.45) is 1.64. The second kappa shape index (κ2) is 11.1. The molecule has 3 aromatic carbocycles. The van der Waals surface area contributed by atoms with Crippen molar-refractivity contribution in [3.05, 3.63) is 86.8 Å². The predicted octanol–water partition coefficient (Wildman–Crippen LogP) is 6.15. The van der Waals surface area contributed by atoms with E-state index in [1.165, 1.54) is 0 Å². The molecule has 2 amide bonds. The number of fused-ring (bicyclic) bond motifs is 1. The van der Waals surface area contributed by atoms with Crippen molar-refractivity contribution < 1.29 is 28.5 Å². The summed E-state index contributed by atoms with van der Waals surface area (Å²) in [6.45, 7) is 2.57. The molecule has 0 aliphatic carbocycles. The lowest BCUT2D eigenvalue weighted by Gasteiger charge is -2.14. The van der Waals surface area contributed by atoms with Crippen molar-refractivity contribution in [2.24, 2.45) is 0 Å². The van der Waals surface area contributed by atoms with E-state index in [0.717, 1.165) is 22.2 Å². The highest BCUT2D eigenvalue weighted by Gasteiger charge is 2.35. The van der Waals surface area contributed by atoms with Crippen molar-refractivity contribution in [2.75, 3.05) is 13.4 Å². The van der Waals surface area contributed by atoms with Gasteiger partial charge in [-0.1, -0.05) is 35.9 Å². The highest BCUT2D eigenvalue weighted by molar-refractivity contribution is 8.18. The fourth-order valence-corrected chi connectivity index (χ4v) is 5.00. The van der Waals surface area contributed by atoms with Crippen LogP contribution in [0.15, 0.2) is 59.5 Å². The van der Waals surface area contributed by atoms with Crippen molar-refractivity contribution in [2.45, 2.75) is 20.1 Å². The van der Waals surface area contributed by atoms with Gasteiger partial charge in [0.15, 0.2) is 23.0 Å². The Morgan fingerprint density at radius 2 is 1.84 bits per heavy atom. The van der Waals surface area contributed by atoms with Crippen LogP contribution < -0.4 is 18.9 Å². The van der Waals surface area contributed by atoms with E-state index < -0.39 is 11.1 Å². The van der Waals surface area contributed by atoms with Crippen molar-refractivity contribution in [1.82, 2.24) is 4.90 Å². The third-order valence-corrected chi connectivity index (χ3v) is 7.09. The summed E-state index contributed by atoms with van der Waals surface area (Å²) in [5.74, 6) is 1.62. The van der Waals surface area contributed by atoms with Crippen LogP contribution in [-0.4, -0.2) is 29.4 Å². The number of thioether (sulfide) groups is 1. The molecule has 0 aromatic heterocycles. The predicted molar refractivity (Wildman–Crippen MR) is 142 cm³/mol. The van der Waals surface area contributed by atoms with Crippen molar-refractivity contribution in [3.63, 3.8) is 0 Å². The fraction of sp³-hybridized carbons (Fsp3) is 0.179. The van der Waals surface area contributed by atoms with Crippen LogP contribution in [0.4, 0.5) is 4.79 Å². The number of imide groups is 1. The number of carbonyl (C=O) groups is 2. The molecule has 3 aromatic rings. The molecule has 2 aliphatic rings. The molecule has 0 spiro atoms. The number of rotatable bonds is 8. The summed E-state index contributed by atoms with van der Waals surface area (Å²) in [5.41, 5.74) is 2.56. The van der Waals surface area contributed by atoms with E-state index in [9.17, 15) is 14.9 Å². The Morgan fingerprint density at radius 1 is 1.05 bits per heavy atom. The number of nitrogens with zero attached hydrogens (tertiary/aromatic N) is 2. The first-order chi connectivity index (χ1) is 18.5. The van der Waals surface area contributed by atoms with Crippen LogP contribution >= 0.6 is 23.4 Å². The van der Waals surface area contributed by atoms with Gasteiger partial charge in [0.05, 0.1) is 29.7 Å². The lowest BCUT2D eigenvalue weighted by Crippen LogP contribution is -2.27. The highest BCUT2D eigenvalue weighted by atomic mass is 35.5. The molecule has 192 valence electrons. The van der Waals surface area contributed by atoms with E-state index in [0.29, 0.717) is 51.3 Å². The van der Waals surface area contributed by atoms with Crippen LogP contribution in [0.25, 0.3) is 6.08 Å². The third kappa shape index (κ3) is 5.28. The molecule has 10 heteroatoms. The highest BCUT2D eigenvalue weighted by Crippen LogP contribution is 2.40. The molecule has 0 radical (unpaired) electrons. The second-order valence-electron chi connectivity index (χ2n) is 8.26. The Bertz CT molecular complexity index is 1500. The van der Waals surface area contributed by atoms with E-state index in [2.05, 4.69) is 6.07 Å². The van der Waals surface area contributed by atoms with Gasteiger partial charge in [-0.3, -0.25) is 14.5 Å². The summed E-state index contributed by atoms with van der Waals surface area (Å²) in [5, 5.41) is 9.30. The maximum Gasteiger partial charge on any atom is 0.293 e. The Balaban J connectivity index is 1.33. The van der Waals surface area contributed by atoms with Crippen LogP contribution in [0.5, 0.6) is 23.0 Å². The zero-order chi connectivity index (χ0) is 26.6. The maximum absolute atomic E-state index is 13.1. The Hall–Kier alpha value is -4.13. The normalized spacial score (nSPS) is 15.2. The van der Waals surface area contributed by atoms with E-state index in [-0.39, 0.29) is 24.8 Å². The maximum atomic E-state index is 13.1. The molecular formula is C28H21ClN2O6S. The molecule has 8 nitrogen and oxygen atoms in total. The lowest BCUT2D eigenvalue weighted by atomic mass is 10.1. The molecule has 2 heterocycles. The minimum atomic E-state index is -0.417. The first-order valence-electron chi connectivity index (χ1n) is 11.7.